The number of esters is 3. The Bertz CT molecular complexity index is 1230. The number of hydrogen-bond acceptors (Lipinski definition) is 6. The molecule has 0 spiro atoms. The summed E-state index contributed by atoms with van der Waals surface area (Å²) in [4.78, 5) is 38.1. The molecule has 0 aliphatic rings. The minimum atomic E-state index is -0.779. The zero-order valence-electron chi connectivity index (χ0n) is 47.5. The third-order valence-electron chi connectivity index (χ3n) is 13.8. The van der Waals surface area contributed by atoms with Crippen LogP contribution >= 0.6 is 0 Å². The summed E-state index contributed by atoms with van der Waals surface area (Å²) < 4.78 is 16.9. The number of hydrogen-bond donors (Lipinski definition) is 0. The number of carbonyl (C=O) groups excluding carboxylic acids is 3. The largest absolute Gasteiger partial charge is 0.462 e. The van der Waals surface area contributed by atoms with Crippen LogP contribution < -0.4 is 0 Å². The molecule has 0 aliphatic carbocycles. The summed E-state index contributed by atoms with van der Waals surface area (Å²) in [5.74, 6) is -0.878. The smallest absolute Gasteiger partial charge is 0.306 e. The van der Waals surface area contributed by atoms with Crippen LogP contribution in [0.2, 0.25) is 0 Å². The fourth-order valence-corrected chi connectivity index (χ4v) is 9.16. The van der Waals surface area contributed by atoms with Gasteiger partial charge >= 0.3 is 17.9 Å². The molecule has 0 aliphatic heterocycles. The Morgan fingerprint density at radius 3 is 0.873 bits per heavy atom. The van der Waals surface area contributed by atoms with Crippen LogP contribution in [-0.2, 0) is 28.6 Å². The van der Waals surface area contributed by atoms with E-state index < -0.39 is 6.10 Å². The lowest BCUT2D eigenvalue weighted by molar-refractivity contribution is -0.167. The molecule has 71 heavy (non-hydrogen) atoms. The van der Waals surface area contributed by atoms with Crippen molar-refractivity contribution in [3.63, 3.8) is 0 Å². The Balaban J connectivity index is 4.18. The first-order valence-electron chi connectivity index (χ1n) is 31.1. The van der Waals surface area contributed by atoms with Crippen LogP contribution in [0.1, 0.15) is 329 Å². The molecule has 0 saturated heterocycles. The van der Waals surface area contributed by atoms with E-state index in [1.807, 2.05) is 0 Å². The topological polar surface area (TPSA) is 78.9 Å². The molecule has 0 heterocycles. The average Bonchev–Trinajstić information content (AvgIpc) is 3.37. The van der Waals surface area contributed by atoms with Crippen molar-refractivity contribution in [1.29, 1.82) is 0 Å². The molecule has 0 aromatic rings. The van der Waals surface area contributed by atoms with E-state index in [4.69, 9.17) is 14.2 Å². The monoisotopic (exact) mass is 995 g/mol. The SMILES string of the molecule is CC/C=C\C/C=C\C/C=C\CCCCCCCC(=O)OC(COC(=O)CCCCCCCCCCCCC)COC(=O)CCCCCCCCCCCCCCCCC/C=C\CCCCCCCCCC. The fraction of sp³-hybridized carbons (Fsp3) is 0.831. The van der Waals surface area contributed by atoms with E-state index >= 15 is 0 Å². The minimum Gasteiger partial charge on any atom is -0.462 e. The van der Waals surface area contributed by atoms with Gasteiger partial charge in [-0.15, -0.1) is 0 Å². The third kappa shape index (κ3) is 58.1. The zero-order valence-corrected chi connectivity index (χ0v) is 47.5. The van der Waals surface area contributed by atoms with Crippen LogP contribution in [0.3, 0.4) is 0 Å². The van der Waals surface area contributed by atoms with E-state index in [2.05, 4.69) is 69.4 Å². The van der Waals surface area contributed by atoms with Crippen molar-refractivity contribution >= 4 is 17.9 Å². The maximum atomic E-state index is 12.8. The lowest BCUT2D eigenvalue weighted by Crippen LogP contribution is -2.30. The van der Waals surface area contributed by atoms with Gasteiger partial charge in [0.1, 0.15) is 13.2 Å². The highest BCUT2D eigenvalue weighted by atomic mass is 16.6. The fourth-order valence-electron chi connectivity index (χ4n) is 9.16. The molecule has 0 bridgehead atoms. The van der Waals surface area contributed by atoms with Crippen molar-refractivity contribution in [3.8, 4) is 0 Å². The van der Waals surface area contributed by atoms with Crippen molar-refractivity contribution in [1.82, 2.24) is 0 Å². The van der Waals surface area contributed by atoms with Crippen molar-refractivity contribution in [2.24, 2.45) is 0 Å². The van der Waals surface area contributed by atoms with Gasteiger partial charge in [-0.1, -0.05) is 281 Å². The number of carbonyl (C=O) groups is 3. The first-order valence-corrected chi connectivity index (χ1v) is 31.1. The van der Waals surface area contributed by atoms with Gasteiger partial charge in [0, 0.05) is 19.3 Å². The third-order valence-corrected chi connectivity index (χ3v) is 13.8. The van der Waals surface area contributed by atoms with Crippen molar-refractivity contribution in [2.75, 3.05) is 13.2 Å². The lowest BCUT2D eigenvalue weighted by atomic mass is 10.0. The van der Waals surface area contributed by atoms with Crippen LogP contribution in [0, 0.1) is 0 Å². The predicted molar refractivity (Wildman–Crippen MR) is 307 cm³/mol. The van der Waals surface area contributed by atoms with E-state index in [-0.39, 0.29) is 31.1 Å². The summed E-state index contributed by atoms with van der Waals surface area (Å²) in [5, 5.41) is 0. The molecule has 414 valence electrons. The number of unbranched alkanes of at least 4 members (excludes halogenated alkanes) is 38. The Hall–Kier alpha value is -2.63. The second-order valence-electron chi connectivity index (χ2n) is 20.9. The van der Waals surface area contributed by atoms with Gasteiger partial charge in [0.15, 0.2) is 6.10 Å². The summed E-state index contributed by atoms with van der Waals surface area (Å²) in [6.07, 6.45) is 74.2. The molecule has 0 rings (SSSR count). The number of allylic oxidation sites excluding steroid dienone is 8. The summed E-state index contributed by atoms with van der Waals surface area (Å²) >= 11 is 0. The van der Waals surface area contributed by atoms with E-state index in [1.165, 1.54) is 193 Å². The van der Waals surface area contributed by atoms with Crippen molar-refractivity contribution < 1.29 is 28.6 Å². The van der Waals surface area contributed by atoms with Gasteiger partial charge in [-0.2, -0.15) is 0 Å². The summed E-state index contributed by atoms with van der Waals surface area (Å²) in [7, 11) is 0. The van der Waals surface area contributed by atoms with Crippen LogP contribution in [-0.4, -0.2) is 37.2 Å². The number of ether oxygens (including phenoxy) is 3. The van der Waals surface area contributed by atoms with Crippen LogP contribution in [0.5, 0.6) is 0 Å². The minimum absolute atomic E-state index is 0.0766. The Morgan fingerprint density at radius 2 is 0.549 bits per heavy atom. The van der Waals surface area contributed by atoms with Gasteiger partial charge in [0.2, 0.25) is 0 Å². The quantitative estimate of drug-likeness (QED) is 0.0261. The van der Waals surface area contributed by atoms with Crippen LogP contribution in [0.15, 0.2) is 48.6 Å². The van der Waals surface area contributed by atoms with E-state index in [0.717, 1.165) is 96.3 Å². The van der Waals surface area contributed by atoms with Gasteiger partial charge in [-0.05, 0) is 77.0 Å². The average molecular weight is 996 g/mol. The van der Waals surface area contributed by atoms with Gasteiger partial charge in [0.25, 0.3) is 0 Å². The molecule has 0 fully saturated rings. The second-order valence-corrected chi connectivity index (χ2v) is 20.9. The molecule has 0 saturated carbocycles. The van der Waals surface area contributed by atoms with Crippen molar-refractivity contribution in [2.45, 2.75) is 335 Å². The maximum absolute atomic E-state index is 12.8. The second kappa shape index (κ2) is 59.9. The van der Waals surface area contributed by atoms with Crippen molar-refractivity contribution in [3.05, 3.63) is 48.6 Å². The molecule has 1 unspecified atom stereocenters. The lowest BCUT2D eigenvalue weighted by Gasteiger charge is -2.18. The first kappa shape index (κ1) is 68.4. The first-order chi connectivity index (χ1) is 35.0. The molecule has 1 atom stereocenters. The molecule has 0 aromatic carbocycles. The standard InChI is InChI=1S/C65H118O6/c1-4-7-10-13-16-19-22-24-26-27-28-29-30-31-32-33-34-35-36-37-39-40-43-46-49-52-55-58-64(67)70-61-62(60-69-63(66)57-54-51-48-45-42-21-18-15-12-9-6-3)71-65(68)59-56-53-50-47-44-41-38-25-23-20-17-14-11-8-5-2/h8,11,17,20,25,27-28,38,62H,4-7,9-10,12-16,18-19,21-24,26,29-37,39-61H2,1-3H3/b11-8-,20-17-,28-27-,38-25-. The molecule has 0 amide bonds. The van der Waals surface area contributed by atoms with Gasteiger partial charge < -0.3 is 14.2 Å². The molecule has 0 aromatic heterocycles. The Morgan fingerprint density at radius 1 is 0.296 bits per heavy atom. The predicted octanol–water partition coefficient (Wildman–Crippen LogP) is 21.0. The van der Waals surface area contributed by atoms with Gasteiger partial charge in [-0.25, -0.2) is 0 Å². The van der Waals surface area contributed by atoms with E-state index in [9.17, 15) is 14.4 Å². The van der Waals surface area contributed by atoms with Gasteiger partial charge in [-0.3, -0.25) is 14.4 Å². The van der Waals surface area contributed by atoms with E-state index in [0.29, 0.717) is 19.3 Å². The Labute approximate surface area is 441 Å². The summed E-state index contributed by atoms with van der Waals surface area (Å²) in [6.45, 7) is 6.55. The summed E-state index contributed by atoms with van der Waals surface area (Å²) in [6, 6.07) is 0. The zero-order chi connectivity index (χ0) is 51.4. The van der Waals surface area contributed by atoms with E-state index in [1.54, 1.807) is 0 Å². The molecular weight excluding hydrogens is 877 g/mol. The van der Waals surface area contributed by atoms with Crippen LogP contribution in [0.25, 0.3) is 0 Å². The highest BCUT2D eigenvalue weighted by Gasteiger charge is 2.19. The normalized spacial score (nSPS) is 12.3. The van der Waals surface area contributed by atoms with Gasteiger partial charge in [0.05, 0.1) is 0 Å². The Kier molecular flexibility index (Phi) is 57.7. The molecule has 0 N–H and O–H groups in total. The highest BCUT2D eigenvalue weighted by molar-refractivity contribution is 5.71. The highest BCUT2D eigenvalue weighted by Crippen LogP contribution is 2.17. The molecule has 6 heteroatoms. The van der Waals surface area contributed by atoms with Crippen LogP contribution in [0.4, 0.5) is 0 Å². The molecule has 0 radical (unpaired) electrons. The molecular formula is C65H118O6. The maximum Gasteiger partial charge on any atom is 0.306 e. The molecule has 6 nitrogen and oxygen atoms in total. The summed E-state index contributed by atoms with van der Waals surface area (Å²) in [5.41, 5.74) is 0. The number of rotatable bonds is 57.